The highest BCUT2D eigenvalue weighted by molar-refractivity contribution is 7.15. The molecular formula is C14H25N3S. The first-order valence-corrected chi connectivity index (χ1v) is 7.89. The van der Waals surface area contributed by atoms with Crippen molar-refractivity contribution in [1.29, 1.82) is 0 Å². The van der Waals surface area contributed by atoms with Crippen molar-refractivity contribution in [3.63, 3.8) is 0 Å². The van der Waals surface area contributed by atoms with Crippen LogP contribution in [0.5, 0.6) is 0 Å². The van der Waals surface area contributed by atoms with Gasteiger partial charge in [-0.1, -0.05) is 27.2 Å². The summed E-state index contributed by atoms with van der Waals surface area (Å²) in [5.74, 6) is 1.54. The minimum Gasteiger partial charge on any atom is -0.348 e. The van der Waals surface area contributed by atoms with Crippen molar-refractivity contribution in [1.82, 2.24) is 4.98 Å². The molecule has 0 bridgehead atoms. The van der Waals surface area contributed by atoms with Crippen LogP contribution in [0, 0.1) is 11.8 Å². The van der Waals surface area contributed by atoms with Gasteiger partial charge < -0.3 is 10.6 Å². The van der Waals surface area contributed by atoms with Crippen LogP contribution in [-0.2, 0) is 13.0 Å². The van der Waals surface area contributed by atoms with E-state index in [4.69, 9.17) is 10.7 Å². The third-order valence-corrected chi connectivity index (χ3v) is 4.76. The Balaban J connectivity index is 2.17. The molecule has 2 rings (SSSR count). The van der Waals surface area contributed by atoms with Gasteiger partial charge in [0.05, 0.1) is 5.69 Å². The number of nitrogens with zero attached hydrogens (tertiary/aromatic N) is 2. The number of hydrogen-bond donors (Lipinski definition) is 1. The van der Waals surface area contributed by atoms with Gasteiger partial charge in [0.25, 0.3) is 0 Å². The van der Waals surface area contributed by atoms with Crippen LogP contribution in [0.1, 0.15) is 44.2 Å². The largest absolute Gasteiger partial charge is 0.348 e. The molecule has 1 saturated heterocycles. The molecule has 102 valence electrons. The molecule has 0 radical (unpaired) electrons. The number of aryl methyl sites for hydroxylation is 1. The van der Waals surface area contributed by atoms with Crippen molar-refractivity contribution in [3.8, 4) is 0 Å². The number of anilines is 1. The van der Waals surface area contributed by atoms with Gasteiger partial charge in [0.15, 0.2) is 5.13 Å². The van der Waals surface area contributed by atoms with E-state index >= 15 is 0 Å². The molecule has 0 saturated carbocycles. The first-order chi connectivity index (χ1) is 8.63. The summed E-state index contributed by atoms with van der Waals surface area (Å²) >= 11 is 1.80. The predicted molar refractivity (Wildman–Crippen MR) is 79.2 cm³/mol. The van der Waals surface area contributed by atoms with Crippen LogP contribution in [0.2, 0.25) is 0 Å². The Morgan fingerprint density at radius 3 is 2.56 bits per heavy atom. The normalized spacial score (nSPS) is 24.6. The van der Waals surface area contributed by atoms with E-state index in [2.05, 4.69) is 25.7 Å². The second kappa shape index (κ2) is 6.02. The highest BCUT2D eigenvalue weighted by atomic mass is 32.1. The number of hydrogen-bond acceptors (Lipinski definition) is 4. The Kier molecular flexibility index (Phi) is 4.62. The molecule has 0 spiro atoms. The summed E-state index contributed by atoms with van der Waals surface area (Å²) in [4.78, 5) is 8.56. The summed E-state index contributed by atoms with van der Waals surface area (Å²) in [6.07, 6.45) is 3.54. The van der Waals surface area contributed by atoms with Gasteiger partial charge in [-0.2, -0.15) is 0 Å². The van der Waals surface area contributed by atoms with Crippen molar-refractivity contribution < 1.29 is 0 Å². The quantitative estimate of drug-likeness (QED) is 0.911. The molecule has 3 nitrogen and oxygen atoms in total. The summed E-state index contributed by atoms with van der Waals surface area (Å²) in [6, 6.07) is 0. The van der Waals surface area contributed by atoms with Gasteiger partial charge in [0.2, 0.25) is 0 Å². The van der Waals surface area contributed by atoms with Crippen LogP contribution < -0.4 is 10.6 Å². The van der Waals surface area contributed by atoms with E-state index in [-0.39, 0.29) is 0 Å². The first kappa shape index (κ1) is 13.8. The van der Waals surface area contributed by atoms with E-state index in [1.54, 1.807) is 11.3 Å². The zero-order valence-electron chi connectivity index (χ0n) is 11.8. The van der Waals surface area contributed by atoms with Crippen molar-refractivity contribution in [3.05, 3.63) is 10.6 Å². The van der Waals surface area contributed by atoms with E-state index < -0.39 is 0 Å². The number of thiazole rings is 1. The van der Waals surface area contributed by atoms with E-state index in [0.717, 1.165) is 37.8 Å². The average molecular weight is 267 g/mol. The molecule has 2 atom stereocenters. The van der Waals surface area contributed by atoms with Crippen LogP contribution in [0.3, 0.4) is 0 Å². The highest BCUT2D eigenvalue weighted by Crippen LogP contribution is 2.31. The summed E-state index contributed by atoms with van der Waals surface area (Å²) in [6.45, 7) is 9.80. The number of nitrogens with two attached hydrogens (primary N) is 1. The zero-order chi connectivity index (χ0) is 13.1. The zero-order valence-corrected chi connectivity index (χ0v) is 12.6. The first-order valence-electron chi connectivity index (χ1n) is 7.07. The lowest BCUT2D eigenvalue weighted by Crippen LogP contribution is -2.38. The molecule has 18 heavy (non-hydrogen) atoms. The van der Waals surface area contributed by atoms with Crippen LogP contribution in [-0.4, -0.2) is 18.1 Å². The molecule has 2 N–H and O–H groups in total. The smallest absolute Gasteiger partial charge is 0.185 e. The summed E-state index contributed by atoms with van der Waals surface area (Å²) in [7, 11) is 0. The maximum atomic E-state index is 5.83. The molecule has 2 unspecified atom stereocenters. The minimum absolute atomic E-state index is 0.631. The predicted octanol–water partition coefficient (Wildman–Crippen LogP) is 3.04. The van der Waals surface area contributed by atoms with Crippen LogP contribution >= 0.6 is 11.3 Å². The fourth-order valence-corrected chi connectivity index (χ4v) is 3.92. The third-order valence-electron chi connectivity index (χ3n) is 3.58. The molecule has 2 heterocycles. The van der Waals surface area contributed by atoms with E-state index in [1.165, 1.54) is 22.1 Å². The van der Waals surface area contributed by atoms with Crippen molar-refractivity contribution >= 4 is 16.5 Å². The molecule has 0 aliphatic carbocycles. The maximum Gasteiger partial charge on any atom is 0.185 e. The highest BCUT2D eigenvalue weighted by Gasteiger charge is 2.24. The maximum absolute atomic E-state index is 5.83. The number of rotatable bonds is 4. The van der Waals surface area contributed by atoms with Crippen molar-refractivity contribution in [2.24, 2.45) is 17.6 Å². The van der Waals surface area contributed by atoms with E-state index in [0.29, 0.717) is 6.54 Å². The second-order valence-electron chi connectivity index (χ2n) is 5.67. The molecule has 1 aromatic heterocycles. The number of piperidine rings is 1. The van der Waals surface area contributed by atoms with Crippen LogP contribution in [0.4, 0.5) is 5.13 Å². The molecule has 1 aliphatic heterocycles. The fraction of sp³-hybridized carbons (Fsp3) is 0.786. The Bertz CT molecular complexity index is 378. The van der Waals surface area contributed by atoms with Gasteiger partial charge in [-0.15, -0.1) is 11.3 Å². The Morgan fingerprint density at radius 1 is 1.33 bits per heavy atom. The van der Waals surface area contributed by atoms with Gasteiger partial charge in [-0.3, -0.25) is 0 Å². The van der Waals surface area contributed by atoms with E-state index in [1.807, 2.05) is 0 Å². The SMILES string of the molecule is CCCc1nc(N2CC(C)CC(C)C2)sc1CN. The lowest BCUT2D eigenvalue weighted by molar-refractivity contribution is 0.356. The van der Waals surface area contributed by atoms with Crippen molar-refractivity contribution in [2.75, 3.05) is 18.0 Å². The molecule has 0 aromatic carbocycles. The Hall–Kier alpha value is -0.610. The Morgan fingerprint density at radius 2 is 2.00 bits per heavy atom. The van der Waals surface area contributed by atoms with Gasteiger partial charge in [-0.05, 0) is 24.7 Å². The topological polar surface area (TPSA) is 42.2 Å². The molecule has 4 heteroatoms. The molecule has 1 aromatic rings. The monoisotopic (exact) mass is 267 g/mol. The fourth-order valence-electron chi connectivity index (χ4n) is 2.92. The molecule has 0 amide bonds. The van der Waals surface area contributed by atoms with Gasteiger partial charge in [0.1, 0.15) is 0 Å². The molecule has 1 fully saturated rings. The molecular weight excluding hydrogens is 242 g/mol. The lowest BCUT2D eigenvalue weighted by atomic mass is 9.92. The van der Waals surface area contributed by atoms with Gasteiger partial charge >= 0.3 is 0 Å². The third kappa shape index (κ3) is 3.04. The van der Waals surface area contributed by atoms with Crippen LogP contribution in [0.25, 0.3) is 0 Å². The van der Waals surface area contributed by atoms with Gasteiger partial charge in [-0.25, -0.2) is 4.98 Å². The van der Waals surface area contributed by atoms with E-state index in [9.17, 15) is 0 Å². The summed E-state index contributed by atoms with van der Waals surface area (Å²) < 4.78 is 0. The van der Waals surface area contributed by atoms with Crippen LogP contribution in [0.15, 0.2) is 0 Å². The van der Waals surface area contributed by atoms with Gasteiger partial charge in [0, 0.05) is 24.5 Å². The summed E-state index contributed by atoms with van der Waals surface area (Å²) in [5, 5.41) is 1.19. The average Bonchev–Trinajstić information content (AvgIpc) is 2.71. The second-order valence-corrected chi connectivity index (χ2v) is 6.73. The standard InChI is InChI=1S/C14H25N3S/c1-4-5-12-13(7-15)18-14(16-12)17-8-10(2)6-11(3)9-17/h10-11H,4-9,15H2,1-3H3. The molecule has 1 aliphatic rings. The summed E-state index contributed by atoms with van der Waals surface area (Å²) in [5.41, 5.74) is 7.06. The lowest BCUT2D eigenvalue weighted by Gasteiger charge is -2.34. The minimum atomic E-state index is 0.631. The Labute approximate surface area is 114 Å². The van der Waals surface area contributed by atoms with Crippen molar-refractivity contribution in [2.45, 2.75) is 46.6 Å². The number of aromatic nitrogens is 1.